The summed E-state index contributed by atoms with van der Waals surface area (Å²) >= 11 is 4.57. The number of hydrogen-bond acceptors (Lipinski definition) is 5. The molecule has 148 valence electrons. The van der Waals surface area contributed by atoms with E-state index in [1.165, 1.54) is 23.5 Å². The summed E-state index contributed by atoms with van der Waals surface area (Å²) in [5.41, 5.74) is 1.25. The first-order valence-corrected chi connectivity index (χ1v) is 10.6. The van der Waals surface area contributed by atoms with Crippen molar-refractivity contribution in [3.8, 4) is 10.6 Å². The average molecular weight is 475 g/mol. The molecule has 1 fully saturated rings. The molecule has 2 aromatic carbocycles. The van der Waals surface area contributed by atoms with E-state index in [9.17, 15) is 14.0 Å². The van der Waals surface area contributed by atoms with Crippen LogP contribution in [0.3, 0.4) is 0 Å². The number of aromatic nitrogens is 2. The third-order valence-electron chi connectivity index (χ3n) is 4.63. The van der Waals surface area contributed by atoms with Gasteiger partial charge in [0.15, 0.2) is 0 Å². The van der Waals surface area contributed by atoms with Gasteiger partial charge < -0.3 is 4.90 Å². The number of benzene rings is 2. The van der Waals surface area contributed by atoms with E-state index in [1.54, 1.807) is 35.2 Å². The van der Waals surface area contributed by atoms with Gasteiger partial charge in [-0.2, -0.15) is 0 Å². The Bertz CT molecular complexity index is 1060. The molecule has 3 aromatic rings. The lowest BCUT2D eigenvalue weighted by Crippen LogP contribution is -2.43. The molecule has 6 nitrogen and oxygen atoms in total. The molecule has 0 bridgehead atoms. The van der Waals surface area contributed by atoms with Crippen molar-refractivity contribution in [1.29, 1.82) is 0 Å². The van der Waals surface area contributed by atoms with Gasteiger partial charge in [0, 0.05) is 22.1 Å². The summed E-state index contributed by atoms with van der Waals surface area (Å²) in [5, 5.41) is 11.7. The van der Waals surface area contributed by atoms with Crippen molar-refractivity contribution in [2.24, 2.45) is 0 Å². The lowest BCUT2D eigenvalue weighted by molar-refractivity contribution is -0.119. The van der Waals surface area contributed by atoms with Gasteiger partial charge in [0.2, 0.25) is 11.0 Å². The van der Waals surface area contributed by atoms with Crippen molar-refractivity contribution in [3.63, 3.8) is 0 Å². The van der Waals surface area contributed by atoms with E-state index in [1.807, 2.05) is 6.07 Å². The lowest BCUT2D eigenvalue weighted by Gasteiger charge is -2.23. The number of halogens is 2. The molecule has 1 N–H and O–H groups in total. The first-order valence-electron chi connectivity index (χ1n) is 8.98. The van der Waals surface area contributed by atoms with E-state index in [-0.39, 0.29) is 17.6 Å². The fourth-order valence-electron chi connectivity index (χ4n) is 3.24. The van der Waals surface area contributed by atoms with Gasteiger partial charge in [0.1, 0.15) is 16.9 Å². The summed E-state index contributed by atoms with van der Waals surface area (Å²) in [6.45, 7) is 0.528. The first-order chi connectivity index (χ1) is 14.0. The third-order valence-corrected chi connectivity index (χ3v) is 6.02. The number of likely N-dealkylation sites (tertiary alicyclic amines) is 1. The number of rotatable bonds is 4. The van der Waals surface area contributed by atoms with Crippen LogP contribution in [-0.4, -0.2) is 39.5 Å². The second kappa shape index (κ2) is 8.38. The number of amides is 2. The van der Waals surface area contributed by atoms with Crippen molar-refractivity contribution in [2.75, 3.05) is 11.9 Å². The molecule has 2 amide bonds. The standard InChI is InChI=1S/C20H16BrFN4O2S/c21-14-4-1-3-13(11-14)19(28)26-10-2-5-16(26)17(27)23-20-25-24-18(29-20)12-6-8-15(22)9-7-12/h1,3-4,6-9,11,16H,2,5,10H2,(H,23,25,27). The highest BCUT2D eigenvalue weighted by molar-refractivity contribution is 9.10. The van der Waals surface area contributed by atoms with Gasteiger partial charge in [0.25, 0.3) is 5.91 Å². The van der Waals surface area contributed by atoms with Crippen LogP contribution in [0.25, 0.3) is 10.6 Å². The largest absolute Gasteiger partial charge is 0.327 e. The van der Waals surface area contributed by atoms with Crippen molar-refractivity contribution in [3.05, 3.63) is 64.4 Å². The molecule has 1 aliphatic heterocycles. The highest BCUT2D eigenvalue weighted by Crippen LogP contribution is 2.28. The molecule has 1 unspecified atom stereocenters. The topological polar surface area (TPSA) is 75.2 Å². The maximum atomic E-state index is 13.1. The van der Waals surface area contributed by atoms with E-state index >= 15 is 0 Å². The Labute approximate surface area is 178 Å². The number of carbonyl (C=O) groups is 2. The SMILES string of the molecule is O=C(Nc1nnc(-c2ccc(F)cc2)s1)C1CCCN1C(=O)c1cccc(Br)c1. The molecule has 29 heavy (non-hydrogen) atoms. The van der Waals surface area contributed by atoms with Crippen molar-refractivity contribution >= 4 is 44.2 Å². The molecule has 2 heterocycles. The predicted molar refractivity (Wildman–Crippen MR) is 112 cm³/mol. The lowest BCUT2D eigenvalue weighted by atomic mass is 10.1. The Morgan fingerprint density at radius 2 is 1.97 bits per heavy atom. The minimum atomic E-state index is -0.556. The van der Waals surface area contributed by atoms with Crippen LogP contribution in [0.4, 0.5) is 9.52 Å². The molecule has 0 radical (unpaired) electrons. The van der Waals surface area contributed by atoms with Gasteiger partial charge in [-0.15, -0.1) is 10.2 Å². The van der Waals surface area contributed by atoms with E-state index in [4.69, 9.17) is 0 Å². The van der Waals surface area contributed by atoms with Gasteiger partial charge >= 0.3 is 0 Å². The first kappa shape index (κ1) is 19.7. The van der Waals surface area contributed by atoms with E-state index in [0.29, 0.717) is 28.7 Å². The van der Waals surface area contributed by atoms with Crippen molar-refractivity contribution < 1.29 is 14.0 Å². The monoisotopic (exact) mass is 474 g/mol. The maximum absolute atomic E-state index is 13.1. The van der Waals surface area contributed by atoms with Crippen LogP contribution in [0.15, 0.2) is 53.0 Å². The minimum Gasteiger partial charge on any atom is -0.327 e. The van der Waals surface area contributed by atoms with Crippen LogP contribution in [0.2, 0.25) is 0 Å². The molecule has 1 aromatic heterocycles. The smallest absolute Gasteiger partial charge is 0.254 e. The number of carbonyl (C=O) groups excluding carboxylic acids is 2. The number of nitrogens with one attached hydrogen (secondary N) is 1. The molecular formula is C20H16BrFN4O2S. The van der Waals surface area contributed by atoms with E-state index < -0.39 is 6.04 Å². The van der Waals surface area contributed by atoms with Crippen LogP contribution < -0.4 is 5.32 Å². The van der Waals surface area contributed by atoms with Gasteiger partial charge in [-0.25, -0.2) is 4.39 Å². The maximum Gasteiger partial charge on any atom is 0.254 e. The van der Waals surface area contributed by atoms with Crippen LogP contribution in [-0.2, 0) is 4.79 Å². The van der Waals surface area contributed by atoms with Crippen LogP contribution in [0.5, 0.6) is 0 Å². The Morgan fingerprint density at radius 1 is 1.17 bits per heavy atom. The fourth-order valence-corrected chi connectivity index (χ4v) is 4.39. The number of nitrogens with zero attached hydrogens (tertiary/aromatic N) is 3. The van der Waals surface area contributed by atoms with Crippen LogP contribution in [0, 0.1) is 5.82 Å². The summed E-state index contributed by atoms with van der Waals surface area (Å²) in [5.74, 6) is -0.788. The zero-order chi connectivity index (χ0) is 20.4. The molecule has 0 aliphatic carbocycles. The summed E-state index contributed by atoms with van der Waals surface area (Å²) in [4.78, 5) is 27.2. The van der Waals surface area contributed by atoms with Crippen LogP contribution in [0.1, 0.15) is 23.2 Å². The quantitative estimate of drug-likeness (QED) is 0.609. The second-order valence-electron chi connectivity index (χ2n) is 6.58. The molecule has 1 aliphatic rings. The Balaban J connectivity index is 1.46. The highest BCUT2D eigenvalue weighted by atomic mass is 79.9. The normalized spacial score (nSPS) is 16.1. The zero-order valence-electron chi connectivity index (χ0n) is 15.1. The average Bonchev–Trinajstić information content (AvgIpc) is 3.38. The van der Waals surface area contributed by atoms with Crippen molar-refractivity contribution in [1.82, 2.24) is 15.1 Å². The van der Waals surface area contributed by atoms with Gasteiger partial charge in [-0.1, -0.05) is 33.3 Å². The molecule has 1 atom stereocenters. The summed E-state index contributed by atoms with van der Waals surface area (Å²) < 4.78 is 13.9. The number of anilines is 1. The fraction of sp³-hybridized carbons (Fsp3) is 0.200. The number of hydrogen-bond donors (Lipinski definition) is 1. The Hall–Kier alpha value is -2.65. The summed E-state index contributed by atoms with van der Waals surface area (Å²) in [6, 6.07) is 12.5. The van der Waals surface area contributed by atoms with Gasteiger partial charge in [-0.3, -0.25) is 14.9 Å². The van der Waals surface area contributed by atoms with Crippen LogP contribution >= 0.6 is 27.3 Å². The predicted octanol–water partition coefficient (Wildman–Crippen LogP) is 4.35. The molecule has 0 spiro atoms. The molecule has 4 rings (SSSR count). The third kappa shape index (κ3) is 4.35. The molecule has 9 heteroatoms. The minimum absolute atomic E-state index is 0.173. The van der Waals surface area contributed by atoms with Gasteiger partial charge in [-0.05, 0) is 55.3 Å². The molecule has 1 saturated heterocycles. The van der Waals surface area contributed by atoms with Crippen molar-refractivity contribution in [2.45, 2.75) is 18.9 Å². The zero-order valence-corrected chi connectivity index (χ0v) is 17.5. The van der Waals surface area contributed by atoms with Gasteiger partial charge in [0.05, 0.1) is 0 Å². The summed E-state index contributed by atoms with van der Waals surface area (Å²) in [6.07, 6.45) is 1.35. The highest BCUT2D eigenvalue weighted by Gasteiger charge is 2.35. The molecular weight excluding hydrogens is 459 g/mol. The van der Waals surface area contributed by atoms with E-state index in [2.05, 4.69) is 31.4 Å². The Morgan fingerprint density at radius 3 is 2.72 bits per heavy atom. The second-order valence-corrected chi connectivity index (χ2v) is 8.47. The molecule has 0 saturated carbocycles. The van der Waals surface area contributed by atoms with E-state index in [0.717, 1.165) is 16.5 Å². The summed E-state index contributed by atoms with van der Waals surface area (Å²) in [7, 11) is 0. The Kier molecular flexibility index (Phi) is 5.68.